The van der Waals surface area contributed by atoms with Crippen LogP contribution in [0.5, 0.6) is 0 Å². The lowest BCUT2D eigenvalue weighted by Gasteiger charge is -2.36. The van der Waals surface area contributed by atoms with Gasteiger partial charge in [0.2, 0.25) is 5.91 Å². The Labute approximate surface area is 206 Å². The maximum Gasteiger partial charge on any atom is 0.337 e. The van der Waals surface area contributed by atoms with E-state index in [4.69, 9.17) is 25.8 Å². The van der Waals surface area contributed by atoms with Gasteiger partial charge in [-0.3, -0.25) is 4.79 Å². The molecule has 0 aliphatic carbocycles. The van der Waals surface area contributed by atoms with Crippen LogP contribution >= 0.6 is 11.6 Å². The van der Waals surface area contributed by atoms with Crippen molar-refractivity contribution < 1.29 is 23.8 Å². The van der Waals surface area contributed by atoms with Gasteiger partial charge in [0, 0.05) is 35.2 Å². The van der Waals surface area contributed by atoms with Crippen molar-refractivity contribution in [3.63, 3.8) is 0 Å². The average Bonchev–Trinajstić information content (AvgIpc) is 3.33. The molecule has 1 unspecified atom stereocenters. The van der Waals surface area contributed by atoms with Crippen molar-refractivity contribution in [2.75, 3.05) is 20.3 Å². The van der Waals surface area contributed by atoms with Crippen LogP contribution in [0.25, 0.3) is 0 Å². The Morgan fingerprint density at radius 2 is 2.06 bits per heavy atom. The third-order valence-corrected chi connectivity index (χ3v) is 6.56. The molecule has 1 amide bonds. The molecule has 0 spiro atoms. The molecule has 2 heterocycles. The second-order valence-corrected chi connectivity index (χ2v) is 8.92. The molecule has 6 nitrogen and oxygen atoms in total. The largest absolute Gasteiger partial charge is 0.497 e. The van der Waals surface area contributed by atoms with Crippen LogP contribution in [0.4, 0.5) is 0 Å². The molecular weight excluding hydrogens is 454 g/mol. The molecular formula is C27H32ClNO5. The third kappa shape index (κ3) is 5.80. The molecule has 2 aliphatic heterocycles. The Morgan fingerprint density at radius 3 is 2.65 bits per heavy atom. The first-order chi connectivity index (χ1) is 16.3. The summed E-state index contributed by atoms with van der Waals surface area (Å²) in [6, 6.07) is 7.20. The molecule has 0 N–H and O–H groups in total. The number of esters is 1. The van der Waals surface area contributed by atoms with Crippen LogP contribution in [0.1, 0.15) is 44.6 Å². The van der Waals surface area contributed by atoms with Crippen LogP contribution in [0.15, 0.2) is 72.2 Å². The van der Waals surface area contributed by atoms with E-state index in [9.17, 15) is 9.59 Å². The number of carbonyl (C=O) groups is 2. The molecule has 1 aromatic rings. The van der Waals surface area contributed by atoms with Crippen LogP contribution in [0.2, 0.25) is 5.02 Å². The Balaban J connectivity index is 1.97. The lowest BCUT2D eigenvalue weighted by Crippen LogP contribution is -2.42. The van der Waals surface area contributed by atoms with E-state index in [1.165, 1.54) is 7.11 Å². The fourth-order valence-corrected chi connectivity index (χ4v) is 4.59. The molecule has 2 aliphatic rings. The van der Waals surface area contributed by atoms with Gasteiger partial charge in [0.25, 0.3) is 0 Å². The van der Waals surface area contributed by atoms with Gasteiger partial charge in [-0.05, 0) is 44.4 Å². The fraction of sp³-hybridized carbons (Fsp3) is 0.407. The summed E-state index contributed by atoms with van der Waals surface area (Å²) in [4.78, 5) is 28.4. The highest BCUT2D eigenvalue weighted by Crippen LogP contribution is 2.38. The monoisotopic (exact) mass is 485 g/mol. The first-order valence-corrected chi connectivity index (χ1v) is 11.8. The normalized spacial score (nSPS) is 21.9. The number of benzene rings is 1. The van der Waals surface area contributed by atoms with Gasteiger partial charge in [-0.2, -0.15) is 0 Å². The van der Waals surface area contributed by atoms with E-state index in [0.717, 1.165) is 18.4 Å². The summed E-state index contributed by atoms with van der Waals surface area (Å²) in [7, 11) is 1.51. The molecule has 3 rings (SSSR count). The SMILES string of the molecule is C=C/C=C(\C(=C)OC)[C@H](C)OC(=O)C1=C(C)N(CC2CCCO2)C(=O)C[C@H]1c1ccc(Cl)cc1. The van der Waals surface area contributed by atoms with Gasteiger partial charge < -0.3 is 19.1 Å². The van der Waals surface area contributed by atoms with Crippen LogP contribution in [0.3, 0.4) is 0 Å². The summed E-state index contributed by atoms with van der Waals surface area (Å²) in [5.74, 6) is -0.590. The quantitative estimate of drug-likeness (QED) is 0.269. The number of hydrogen-bond acceptors (Lipinski definition) is 5. The van der Waals surface area contributed by atoms with E-state index in [2.05, 4.69) is 13.2 Å². The van der Waals surface area contributed by atoms with E-state index in [-0.39, 0.29) is 18.4 Å². The van der Waals surface area contributed by atoms with Crippen molar-refractivity contribution in [3.05, 3.63) is 82.8 Å². The predicted octanol–water partition coefficient (Wildman–Crippen LogP) is 5.31. The highest BCUT2D eigenvalue weighted by molar-refractivity contribution is 6.30. The van der Waals surface area contributed by atoms with Crippen LogP contribution in [0, 0.1) is 0 Å². The van der Waals surface area contributed by atoms with E-state index in [1.54, 1.807) is 43.0 Å². The zero-order chi connectivity index (χ0) is 24.8. The maximum absolute atomic E-state index is 13.6. The minimum atomic E-state index is -0.631. The molecule has 3 atom stereocenters. The zero-order valence-corrected chi connectivity index (χ0v) is 20.8. The summed E-state index contributed by atoms with van der Waals surface area (Å²) in [6.45, 7) is 12.3. The topological polar surface area (TPSA) is 65.1 Å². The van der Waals surface area contributed by atoms with E-state index in [1.807, 2.05) is 12.1 Å². The molecule has 0 bridgehead atoms. The number of hydrogen-bond donors (Lipinski definition) is 0. The molecule has 1 saturated heterocycles. The Hall–Kier alpha value is -2.83. The van der Waals surface area contributed by atoms with Crippen LogP contribution in [-0.2, 0) is 23.8 Å². The molecule has 0 aromatic heterocycles. The number of carbonyl (C=O) groups excluding carboxylic acids is 2. The van der Waals surface area contributed by atoms with Crippen molar-refractivity contribution in [2.45, 2.75) is 51.2 Å². The summed E-state index contributed by atoms with van der Waals surface area (Å²) in [5.41, 5.74) is 2.48. The first-order valence-electron chi connectivity index (χ1n) is 11.4. The number of nitrogens with zero attached hydrogens (tertiary/aromatic N) is 1. The number of ether oxygens (including phenoxy) is 3. The zero-order valence-electron chi connectivity index (χ0n) is 20.0. The number of halogens is 1. The van der Waals surface area contributed by atoms with Crippen molar-refractivity contribution in [3.8, 4) is 0 Å². The summed E-state index contributed by atoms with van der Waals surface area (Å²) in [5, 5.41) is 0.585. The number of allylic oxidation sites excluding steroid dienone is 3. The average molecular weight is 486 g/mol. The van der Waals surface area contributed by atoms with Gasteiger partial charge in [0.15, 0.2) is 0 Å². The van der Waals surface area contributed by atoms with E-state index < -0.39 is 18.0 Å². The predicted molar refractivity (Wildman–Crippen MR) is 132 cm³/mol. The van der Waals surface area contributed by atoms with Crippen LogP contribution < -0.4 is 0 Å². The number of methoxy groups -OCH3 is 1. The Kier molecular flexibility index (Phi) is 8.75. The third-order valence-electron chi connectivity index (χ3n) is 6.31. The molecule has 1 aromatic carbocycles. The minimum Gasteiger partial charge on any atom is -0.497 e. The first kappa shape index (κ1) is 25.8. The molecule has 1 fully saturated rings. The molecule has 7 heteroatoms. The van der Waals surface area contributed by atoms with Gasteiger partial charge >= 0.3 is 5.97 Å². The summed E-state index contributed by atoms with van der Waals surface area (Å²) < 4.78 is 16.9. The van der Waals surface area contributed by atoms with Crippen molar-refractivity contribution in [1.82, 2.24) is 4.90 Å². The van der Waals surface area contributed by atoms with Gasteiger partial charge in [-0.15, -0.1) is 0 Å². The molecule has 0 radical (unpaired) electrons. The Bertz CT molecular complexity index is 1000. The second kappa shape index (κ2) is 11.5. The summed E-state index contributed by atoms with van der Waals surface area (Å²) >= 11 is 6.07. The fourth-order valence-electron chi connectivity index (χ4n) is 4.46. The van der Waals surface area contributed by atoms with Crippen molar-refractivity contribution in [1.29, 1.82) is 0 Å². The molecule has 182 valence electrons. The summed E-state index contributed by atoms with van der Waals surface area (Å²) in [6.07, 6.45) is 4.65. The lowest BCUT2D eigenvalue weighted by molar-refractivity contribution is -0.143. The van der Waals surface area contributed by atoms with E-state index in [0.29, 0.717) is 40.8 Å². The second-order valence-electron chi connectivity index (χ2n) is 8.48. The maximum atomic E-state index is 13.6. The smallest absolute Gasteiger partial charge is 0.337 e. The van der Waals surface area contributed by atoms with E-state index >= 15 is 0 Å². The molecule has 0 saturated carbocycles. The standard InChI is InChI=1S/C27H32ClNO5/c1-6-8-23(18(3)32-5)19(4)34-27(31)26-17(2)29(16-22-9-7-14-33-22)25(30)15-24(26)20-10-12-21(28)13-11-20/h6,8,10-13,19,22,24H,1,3,7,9,14-16H2,2,4-5H3/b23-8+/t19-,22?,24-/m0/s1. The highest BCUT2D eigenvalue weighted by atomic mass is 35.5. The minimum absolute atomic E-state index is 0.0330. The Morgan fingerprint density at radius 1 is 1.35 bits per heavy atom. The number of rotatable bonds is 9. The van der Waals surface area contributed by atoms with Crippen LogP contribution in [-0.4, -0.2) is 49.2 Å². The molecule has 34 heavy (non-hydrogen) atoms. The van der Waals surface area contributed by atoms with Gasteiger partial charge in [-0.1, -0.05) is 49.0 Å². The van der Waals surface area contributed by atoms with Crippen molar-refractivity contribution in [2.24, 2.45) is 0 Å². The lowest BCUT2D eigenvalue weighted by atomic mass is 9.83. The van der Waals surface area contributed by atoms with Gasteiger partial charge in [0.05, 0.1) is 25.3 Å². The van der Waals surface area contributed by atoms with Crippen molar-refractivity contribution >= 4 is 23.5 Å². The highest BCUT2D eigenvalue weighted by Gasteiger charge is 2.38. The number of amides is 1. The van der Waals surface area contributed by atoms with Gasteiger partial charge in [0.1, 0.15) is 11.9 Å². The van der Waals surface area contributed by atoms with Gasteiger partial charge in [-0.25, -0.2) is 4.79 Å².